The molecule has 0 spiro atoms. The fourth-order valence-corrected chi connectivity index (χ4v) is 3.36. The van der Waals surface area contributed by atoms with Gasteiger partial charge in [-0.2, -0.15) is 8.42 Å². The van der Waals surface area contributed by atoms with Gasteiger partial charge in [0.1, 0.15) is 0 Å². The van der Waals surface area contributed by atoms with Gasteiger partial charge in [0, 0.05) is 46.3 Å². The Bertz CT molecular complexity index is 1450. The van der Waals surface area contributed by atoms with Gasteiger partial charge < -0.3 is 0 Å². The Morgan fingerprint density at radius 1 is 0.455 bits per heavy atom. The van der Waals surface area contributed by atoms with Gasteiger partial charge in [0.25, 0.3) is 0 Å². The highest BCUT2D eigenvalue weighted by molar-refractivity contribution is 7.79. The highest BCUT2D eigenvalue weighted by Gasteiger charge is 2.01. The smallest absolute Gasteiger partial charge is 0.264 e. The number of pyridine rings is 4. The lowest BCUT2D eigenvalue weighted by molar-refractivity contribution is 0.381. The maximum atomic E-state index is 8.74. The van der Waals surface area contributed by atoms with Gasteiger partial charge in [-0.1, -0.05) is 48.5 Å². The van der Waals surface area contributed by atoms with Crippen LogP contribution in [-0.4, -0.2) is 37.5 Å². The van der Waals surface area contributed by atoms with Crippen molar-refractivity contribution < 1.29 is 17.5 Å². The first-order valence-corrected chi connectivity index (χ1v) is 11.2. The summed E-state index contributed by atoms with van der Waals surface area (Å²) in [4.78, 5) is 17.4. The minimum atomic E-state index is -4.67. The van der Waals surface area contributed by atoms with Crippen LogP contribution in [0.5, 0.6) is 0 Å². The van der Waals surface area contributed by atoms with Crippen molar-refractivity contribution in [2.24, 2.45) is 0 Å². The van der Waals surface area contributed by atoms with Crippen molar-refractivity contribution in [1.82, 2.24) is 19.9 Å². The van der Waals surface area contributed by atoms with Crippen molar-refractivity contribution in [1.29, 1.82) is 0 Å². The lowest BCUT2D eigenvalue weighted by Gasteiger charge is -2.00. The maximum Gasteiger partial charge on any atom is 0.394 e. The third-order valence-electron chi connectivity index (χ3n) is 4.69. The summed E-state index contributed by atoms with van der Waals surface area (Å²) in [5.41, 5.74) is 3.91. The molecule has 9 heteroatoms. The van der Waals surface area contributed by atoms with Crippen LogP contribution >= 0.6 is 0 Å². The Morgan fingerprint density at radius 2 is 0.667 bits per heavy atom. The molecule has 4 aromatic heterocycles. The monoisotopic (exact) mass is 458 g/mol. The van der Waals surface area contributed by atoms with Gasteiger partial charge in [0.2, 0.25) is 0 Å². The first-order valence-electron chi connectivity index (χ1n) is 9.77. The molecule has 164 valence electrons. The summed E-state index contributed by atoms with van der Waals surface area (Å²) in [5.74, 6) is 0. The number of nitrogens with zero attached hydrogens (tertiary/aromatic N) is 4. The molecule has 33 heavy (non-hydrogen) atoms. The van der Waals surface area contributed by atoms with E-state index in [1.807, 2.05) is 24.3 Å². The minimum absolute atomic E-state index is 0.977. The molecule has 2 N–H and O–H groups in total. The van der Waals surface area contributed by atoms with E-state index >= 15 is 0 Å². The Labute approximate surface area is 189 Å². The fourth-order valence-electron chi connectivity index (χ4n) is 3.36. The van der Waals surface area contributed by atoms with Crippen LogP contribution in [0.1, 0.15) is 0 Å². The summed E-state index contributed by atoms with van der Waals surface area (Å²) in [6.45, 7) is 0. The highest BCUT2D eigenvalue weighted by Crippen LogP contribution is 2.21. The van der Waals surface area contributed by atoms with E-state index in [9.17, 15) is 0 Å². The molecule has 6 rings (SSSR count). The average molecular weight is 458 g/mol. The van der Waals surface area contributed by atoms with Crippen LogP contribution in [0.25, 0.3) is 43.6 Å². The molecule has 6 aromatic rings. The van der Waals surface area contributed by atoms with E-state index in [-0.39, 0.29) is 0 Å². The summed E-state index contributed by atoms with van der Waals surface area (Å²) in [5, 5.41) is 4.55. The normalized spacial score (nSPS) is 11.0. The van der Waals surface area contributed by atoms with Gasteiger partial charge in [-0.15, -0.1) is 0 Å². The summed E-state index contributed by atoms with van der Waals surface area (Å²) in [7, 11) is -4.67. The topological polar surface area (TPSA) is 126 Å². The summed E-state index contributed by atoms with van der Waals surface area (Å²) >= 11 is 0. The van der Waals surface area contributed by atoms with Crippen LogP contribution in [0.15, 0.2) is 97.6 Å². The molecule has 2 aromatic carbocycles. The molecule has 0 amide bonds. The van der Waals surface area contributed by atoms with E-state index < -0.39 is 10.4 Å². The molecule has 0 atom stereocenters. The first-order chi connectivity index (χ1) is 15.9. The summed E-state index contributed by atoms with van der Waals surface area (Å²) in [6, 6.07) is 24.3. The number of benzene rings is 2. The maximum absolute atomic E-state index is 8.74. The lowest BCUT2D eigenvalue weighted by Crippen LogP contribution is -1.89. The van der Waals surface area contributed by atoms with Crippen LogP contribution in [0.4, 0.5) is 0 Å². The van der Waals surface area contributed by atoms with Crippen molar-refractivity contribution in [2.45, 2.75) is 0 Å². The van der Waals surface area contributed by atoms with E-state index in [0.29, 0.717) is 0 Å². The third-order valence-corrected chi connectivity index (χ3v) is 4.69. The number of fused-ring (bicyclic) bond motifs is 6. The molecule has 0 bridgehead atoms. The number of rotatable bonds is 0. The lowest BCUT2D eigenvalue weighted by atomic mass is 10.1. The molecule has 0 aliphatic heterocycles. The zero-order chi connectivity index (χ0) is 23.3. The van der Waals surface area contributed by atoms with Crippen LogP contribution in [-0.2, 0) is 10.4 Å². The molecule has 0 fully saturated rings. The van der Waals surface area contributed by atoms with Gasteiger partial charge in [-0.25, -0.2) is 0 Å². The summed E-state index contributed by atoms with van der Waals surface area (Å²) in [6.07, 6.45) is 7.21. The van der Waals surface area contributed by atoms with Gasteiger partial charge in [-0.3, -0.25) is 29.0 Å². The molecular weight excluding hydrogens is 440 g/mol. The fraction of sp³-hybridized carbons (Fsp3) is 0. The molecular formula is C24H18N4O4S. The van der Waals surface area contributed by atoms with Gasteiger partial charge in [0.05, 0.1) is 22.1 Å². The van der Waals surface area contributed by atoms with E-state index in [4.69, 9.17) is 17.5 Å². The standard InChI is InChI=1S/2C12H8N2.H2O4S/c2*1-3-9-5-6-10-4-2-8-14-12(10)11(9)13-7-1;1-5(2,3)4/h2*1-8H;(H2,1,2,3,4). The van der Waals surface area contributed by atoms with Gasteiger partial charge in [-0.05, 0) is 24.3 Å². The number of aromatic nitrogens is 4. The van der Waals surface area contributed by atoms with Crippen molar-refractivity contribution in [2.75, 3.05) is 0 Å². The van der Waals surface area contributed by atoms with Crippen molar-refractivity contribution in [3.8, 4) is 0 Å². The largest absolute Gasteiger partial charge is 0.394 e. The molecule has 0 radical (unpaired) electrons. The highest BCUT2D eigenvalue weighted by atomic mass is 32.3. The van der Waals surface area contributed by atoms with E-state index in [0.717, 1.165) is 43.6 Å². The molecule has 0 aliphatic carbocycles. The zero-order valence-electron chi connectivity index (χ0n) is 17.1. The first kappa shape index (κ1) is 22.2. The predicted molar refractivity (Wildman–Crippen MR) is 128 cm³/mol. The van der Waals surface area contributed by atoms with Crippen molar-refractivity contribution >= 4 is 54.0 Å². The molecule has 0 unspecified atom stereocenters. The van der Waals surface area contributed by atoms with E-state index in [1.54, 1.807) is 24.8 Å². The Kier molecular flexibility index (Phi) is 6.45. The molecule has 4 heterocycles. The molecule has 0 saturated heterocycles. The Morgan fingerprint density at radius 3 is 0.879 bits per heavy atom. The number of hydrogen-bond acceptors (Lipinski definition) is 6. The second kappa shape index (κ2) is 9.61. The second-order valence-corrected chi connectivity index (χ2v) is 7.78. The van der Waals surface area contributed by atoms with Crippen LogP contribution in [0.2, 0.25) is 0 Å². The SMILES string of the molecule is O=S(=O)(O)O.c1cnc2c(c1)ccc1cccnc12.c1cnc2c(c1)ccc1cccnc12. The second-order valence-electron chi connectivity index (χ2n) is 6.88. The summed E-state index contributed by atoms with van der Waals surface area (Å²) < 4.78 is 31.6. The zero-order valence-corrected chi connectivity index (χ0v) is 18.0. The Hall–Kier alpha value is -4.05. The van der Waals surface area contributed by atoms with Crippen LogP contribution in [0, 0.1) is 0 Å². The van der Waals surface area contributed by atoms with Crippen molar-refractivity contribution in [3.63, 3.8) is 0 Å². The minimum Gasteiger partial charge on any atom is -0.264 e. The van der Waals surface area contributed by atoms with Crippen LogP contribution in [0.3, 0.4) is 0 Å². The van der Waals surface area contributed by atoms with Gasteiger partial charge in [0.15, 0.2) is 0 Å². The number of hydrogen-bond donors (Lipinski definition) is 2. The van der Waals surface area contributed by atoms with Crippen molar-refractivity contribution in [3.05, 3.63) is 97.6 Å². The molecule has 0 aliphatic rings. The predicted octanol–water partition coefficient (Wildman–Crippen LogP) is 4.91. The van der Waals surface area contributed by atoms with Crippen LogP contribution < -0.4 is 0 Å². The third kappa shape index (κ3) is 5.60. The average Bonchev–Trinajstić information content (AvgIpc) is 2.83. The van der Waals surface area contributed by atoms with E-state index in [1.165, 1.54) is 0 Å². The Balaban J connectivity index is 0.000000132. The van der Waals surface area contributed by atoms with Gasteiger partial charge >= 0.3 is 10.4 Å². The quantitative estimate of drug-likeness (QED) is 0.243. The molecule has 8 nitrogen and oxygen atoms in total. The molecule has 0 saturated carbocycles. The van der Waals surface area contributed by atoms with E-state index in [2.05, 4.69) is 68.5 Å².